The fraction of sp³-hybridized carbons (Fsp3) is 0.630. The number of carbonyl (C=O) groups excluding carboxylic acids is 1. The molecule has 1 aromatic carbocycles. The van der Waals surface area contributed by atoms with Crippen LogP contribution < -0.4 is 4.74 Å². The molecule has 2 aliphatic heterocycles. The summed E-state index contributed by atoms with van der Waals surface area (Å²) < 4.78 is 47.2. The smallest absolute Gasteiger partial charge is 0.417 e. The van der Waals surface area contributed by atoms with E-state index in [2.05, 4.69) is 10.1 Å². The predicted molar refractivity (Wildman–Crippen MR) is 128 cm³/mol. The topological polar surface area (TPSA) is 87.3 Å². The summed E-state index contributed by atoms with van der Waals surface area (Å²) in [6, 6.07) is 5.50. The molecule has 3 heterocycles. The molecule has 8 nitrogen and oxygen atoms in total. The molecule has 2 amide bonds. The van der Waals surface area contributed by atoms with Gasteiger partial charge >= 0.3 is 12.2 Å². The molecule has 2 saturated heterocycles. The van der Waals surface area contributed by atoms with Crippen LogP contribution in [0.4, 0.5) is 18.0 Å². The zero-order valence-electron chi connectivity index (χ0n) is 20.9. The summed E-state index contributed by atoms with van der Waals surface area (Å²) in [5.41, 5.74) is -1.15. The van der Waals surface area contributed by atoms with E-state index in [1.54, 1.807) is 6.07 Å². The normalized spacial score (nSPS) is 28.1. The number of hydrogen-bond donors (Lipinski definition) is 0. The number of hydrogen-bond acceptors (Lipinski definition) is 5. The van der Waals surface area contributed by atoms with Crippen molar-refractivity contribution in [2.75, 3.05) is 26.2 Å². The van der Waals surface area contributed by atoms with Gasteiger partial charge in [0.05, 0.1) is 29.3 Å². The van der Waals surface area contributed by atoms with Crippen LogP contribution in [-0.2, 0) is 6.18 Å². The molecule has 1 aromatic heterocycles. The minimum Gasteiger partial charge on any atom is -0.490 e. The van der Waals surface area contributed by atoms with Gasteiger partial charge in [-0.1, -0.05) is 0 Å². The number of rotatable bonds is 4. The Balaban J connectivity index is 0.883. The van der Waals surface area contributed by atoms with Crippen LogP contribution in [0.5, 0.6) is 5.75 Å². The van der Waals surface area contributed by atoms with E-state index in [4.69, 9.17) is 10.00 Å². The van der Waals surface area contributed by atoms with Crippen molar-refractivity contribution >= 4 is 6.03 Å². The minimum atomic E-state index is -4.57. The molecule has 1 spiro atoms. The molecule has 5 fully saturated rings. The van der Waals surface area contributed by atoms with E-state index in [9.17, 15) is 18.0 Å². The highest BCUT2D eigenvalue weighted by Gasteiger charge is 2.56. The van der Waals surface area contributed by atoms with Gasteiger partial charge in [-0.15, -0.1) is 0 Å². The quantitative estimate of drug-likeness (QED) is 0.582. The van der Waals surface area contributed by atoms with Crippen LogP contribution >= 0.6 is 0 Å². The number of amides is 2. The van der Waals surface area contributed by atoms with Gasteiger partial charge in [0.15, 0.2) is 5.82 Å². The van der Waals surface area contributed by atoms with Crippen molar-refractivity contribution in [3.8, 4) is 11.8 Å². The highest BCUT2D eigenvalue weighted by atomic mass is 19.4. The van der Waals surface area contributed by atoms with E-state index in [0.717, 1.165) is 50.7 Å². The van der Waals surface area contributed by atoms with E-state index >= 15 is 0 Å². The maximum absolute atomic E-state index is 13.1. The maximum atomic E-state index is 13.1. The Morgan fingerprint density at radius 2 is 1.82 bits per heavy atom. The van der Waals surface area contributed by atoms with Crippen LogP contribution in [0, 0.1) is 28.6 Å². The van der Waals surface area contributed by atoms with E-state index in [1.165, 1.54) is 25.0 Å². The fourth-order valence-electron chi connectivity index (χ4n) is 7.10. The molecule has 2 unspecified atom stereocenters. The van der Waals surface area contributed by atoms with Crippen LogP contribution in [0.1, 0.15) is 67.4 Å². The average Bonchev–Trinajstić information content (AvgIpc) is 3.24. The lowest BCUT2D eigenvalue weighted by Crippen LogP contribution is -2.65. The Kier molecular flexibility index (Phi) is 5.23. The van der Waals surface area contributed by atoms with Crippen molar-refractivity contribution in [2.45, 2.75) is 62.8 Å². The zero-order chi connectivity index (χ0) is 26.2. The first-order chi connectivity index (χ1) is 18.2. The Hall–Kier alpha value is -3.29. The second kappa shape index (κ2) is 8.35. The lowest BCUT2D eigenvalue weighted by Gasteiger charge is -2.59. The number of likely N-dealkylation sites (tertiary alicyclic amines) is 2. The number of nitrogens with zero attached hydrogens (tertiary/aromatic N) is 6. The first kappa shape index (κ1) is 23.8. The van der Waals surface area contributed by atoms with E-state index in [1.807, 2.05) is 20.8 Å². The van der Waals surface area contributed by atoms with Gasteiger partial charge in [0.25, 0.3) is 0 Å². The van der Waals surface area contributed by atoms with Gasteiger partial charge < -0.3 is 14.5 Å². The minimum absolute atomic E-state index is 0.115. The molecular formula is C27H29F3N6O2. The monoisotopic (exact) mass is 526 g/mol. The summed E-state index contributed by atoms with van der Waals surface area (Å²) >= 11 is 0. The van der Waals surface area contributed by atoms with E-state index in [0.29, 0.717) is 36.9 Å². The second-order valence-corrected chi connectivity index (χ2v) is 12.0. The van der Waals surface area contributed by atoms with Crippen LogP contribution in [0.3, 0.4) is 0 Å². The number of carbonyl (C=O) groups is 1. The summed E-state index contributed by atoms with van der Waals surface area (Å²) in [7, 11) is 0. The Bertz CT molecular complexity index is 1290. The van der Waals surface area contributed by atoms with Gasteiger partial charge in [-0.25, -0.2) is 14.5 Å². The van der Waals surface area contributed by atoms with Crippen molar-refractivity contribution in [1.29, 1.82) is 5.26 Å². The van der Waals surface area contributed by atoms with Gasteiger partial charge in [0, 0.05) is 37.5 Å². The number of ether oxygens (including phenoxy) is 1. The second-order valence-electron chi connectivity index (χ2n) is 12.0. The first-order valence-electron chi connectivity index (χ1n) is 13.4. The number of nitriles is 1. The zero-order valence-corrected chi connectivity index (χ0v) is 20.9. The predicted octanol–water partition coefficient (Wildman–Crippen LogP) is 4.59. The highest BCUT2D eigenvalue weighted by molar-refractivity contribution is 5.76. The maximum Gasteiger partial charge on any atom is 0.417 e. The molecule has 2 atom stereocenters. The molecule has 2 aromatic rings. The highest BCUT2D eigenvalue weighted by Crippen LogP contribution is 2.54. The van der Waals surface area contributed by atoms with Crippen LogP contribution in [-0.4, -0.2) is 62.9 Å². The van der Waals surface area contributed by atoms with Gasteiger partial charge in [0.2, 0.25) is 0 Å². The molecule has 11 heteroatoms. The Morgan fingerprint density at radius 3 is 2.45 bits per heavy atom. The standard InChI is InChI=1S/C27H29F3N6O2/c28-27(29,30)23-4-3-21(5-17(23)10-31)38-22-6-18-11-34(12-19(18)7-22)25(37)35-13-26(14-35)8-20(9-26)36-15-32-24(33-36)16-1-2-16/h3-5,15-16,18-20,22H,1-2,6-9,11-14H2. The number of benzene rings is 1. The lowest BCUT2D eigenvalue weighted by atomic mass is 9.61. The number of urea groups is 1. The molecule has 0 radical (unpaired) electrons. The summed E-state index contributed by atoms with van der Waals surface area (Å²) in [4.78, 5) is 21.5. The molecule has 7 rings (SSSR count). The molecule has 200 valence electrons. The van der Waals surface area contributed by atoms with Gasteiger partial charge in [-0.05, 0) is 68.6 Å². The summed E-state index contributed by atoms with van der Waals surface area (Å²) in [5.74, 6) is 2.47. The van der Waals surface area contributed by atoms with Crippen LogP contribution in [0.25, 0.3) is 0 Å². The summed E-state index contributed by atoms with van der Waals surface area (Å²) in [6.45, 7) is 2.99. The van der Waals surface area contributed by atoms with Crippen molar-refractivity contribution in [3.63, 3.8) is 0 Å². The molecule has 5 aliphatic rings. The SMILES string of the molecule is N#Cc1cc(OC2CC3CN(C(=O)N4CC5(CC(n6cnc(C7CC7)n6)C5)C4)CC3C2)ccc1C(F)(F)F. The first-order valence-corrected chi connectivity index (χ1v) is 13.4. The number of alkyl halides is 3. The summed E-state index contributed by atoms with van der Waals surface area (Å²) in [5, 5.41) is 13.8. The van der Waals surface area contributed by atoms with Crippen molar-refractivity contribution in [1.82, 2.24) is 24.6 Å². The molecule has 3 aliphatic carbocycles. The van der Waals surface area contributed by atoms with E-state index in [-0.39, 0.29) is 23.3 Å². The van der Waals surface area contributed by atoms with Gasteiger partial charge in [-0.2, -0.15) is 23.5 Å². The number of fused-ring (bicyclic) bond motifs is 1. The third-order valence-electron chi connectivity index (χ3n) is 9.20. The van der Waals surface area contributed by atoms with Crippen molar-refractivity contribution < 1.29 is 22.7 Å². The Morgan fingerprint density at radius 1 is 1.11 bits per heavy atom. The van der Waals surface area contributed by atoms with Gasteiger partial charge in [-0.3, -0.25) is 0 Å². The molecular weight excluding hydrogens is 497 g/mol. The molecule has 38 heavy (non-hydrogen) atoms. The lowest BCUT2D eigenvalue weighted by molar-refractivity contribution is -0.137. The number of aromatic nitrogens is 3. The largest absolute Gasteiger partial charge is 0.490 e. The van der Waals surface area contributed by atoms with Crippen molar-refractivity contribution in [2.24, 2.45) is 17.3 Å². The Labute approximate surface area is 218 Å². The summed E-state index contributed by atoms with van der Waals surface area (Å²) in [6.07, 6.45) is 3.17. The molecule has 3 saturated carbocycles. The van der Waals surface area contributed by atoms with Gasteiger partial charge in [0.1, 0.15) is 12.1 Å². The number of halogens is 3. The molecule has 0 bridgehead atoms. The molecule has 0 N–H and O–H groups in total. The average molecular weight is 527 g/mol. The van der Waals surface area contributed by atoms with E-state index < -0.39 is 17.3 Å². The fourth-order valence-corrected chi connectivity index (χ4v) is 7.10. The third kappa shape index (κ3) is 4.09. The van der Waals surface area contributed by atoms with Crippen LogP contribution in [0.2, 0.25) is 0 Å². The van der Waals surface area contributed by atoms with Crippen molar-refractivity contribution in [3.05, 3.63) is 41.5 Å². The third-order valence-corrected chi connectivity index (χ3v) is 9.20. The van der Waals surface area contributed by atoms with Crippen LogP contribution in [0.15, 0.2) is 24.5 Å².